The lowest BCUT2D eigenvalue weighted by Gasteiger charge is -2.28. The summed E-state index contributed by atoms with van der Waals surface area (Å²) in [5, 5.41) is 11.9. The lowest BCUT2D eigenvalue weighted by Crippen LogP contribution is -2.29. The molecule has 0 spiro atoms. The third-order valence-corrected chi connectivity index (χ3v) is 5.92. The highest BCUT2D eigenvalue weighted by atomic mass is 16.7. The lowest BCUT2D eigenvalue weighted by atomic mass is 9.87. The Morgan fingerprint density at radius 1 is 0.906 bits per heavy atom. The first-order valence-electron chi connectivity index (χ1n) is 10.4. The second-order valence-electron chi connectivity index (χ2n) is 7.69. The van der Waals surface area contributed by atoms with E-state index in [0.29, 0.717) is 35.0 Å². The molecule has 0 aliphatic carbocycles. The fourth-order valence-corrected chi connectivity index (χ4v) is 4.24. The Kier molecular flexibility index (Phi) is 5.25. The second-order valence-corrected chi connectivity index (χ2v) is 7.69. The molecule has 5 rings (SSSR count). The van der Waals surface area contributed by atoms with Crippen LogP contribution in [0.2, 0.25) is 0 Å². The predicted molar refractivity (Wildman–Crippen MR) is 119 cm³/mol. The van der Waals surface area contributed by atoms with Crippen LogP contribution in [0.1, 0.15) is 16.7 Å². The topological polar surface area (TPSA) is 66.4 Å². The number of aliphatic hydroxyl groups is 1. The van der Waals surface area contributed by atoms with Crippen molar-refractivity contribution in [2.45, 2.75) is 12.2 Å². The van der Waals surface area contributed by atoms with Crippen LogP contribution >= 0.6 is 0 Å². The van der Waals surface area contributed by atoms with Gasteiger partial charge in [0, 0.05) is 11.6 Å². The molecule has 0 radical (unpaired) electrons. The fraction of sp³-hybridized carbons (Fsp3) is 0.231. The van der Waals surface area contributed by atoms with Gasteiger partial charge in [-0.25, -0.2) is 0 Å². The summed E-state index contributed by atoms with van der Waals surface area (Å²) in [6.07, 6.45) is 0.510. The van der Waals surface area contributed by atoms with Crippen LogP contribution in [-0.4, -0.2) is 32.7 Å². The van der Waals surface area contributed by atoms with Gasteiger partial charge in [0.05, 0.1) is 26.4 Å². The first kappa shape index (κ1) is 20.4. The Bertz CT molecular complexity index is 1170. The van der Waals surface area contributed by atoms with E-state index >= 15 is 0 Å². The average molecular weight is 432 g/mol. The standard InChI is InChI=1S/C26H24O6/c1-28-19-9-10-21(24(14-19)29-2)26(27)22(12-17-6-4-3-5-7-17)20(15-32-26)18-8-11-23-25(13-18)31-16-30-23/h3-11,13-14,27H,12,15-16H2,1-2H3. The number of ether oxygens (including phenoxy) is 5. The summed E-state index contributed by atoms with van der Waals surface area (Å²) >= 11 is 0. The molecule has 2 aliphatic rings. The summed E-state index contributed by atoms with van der Waals surface area (Å²) in [4.78, 5) is 0. The van der Waals surface area contributed by atoms with Gasteiger partial charge in [-0.05, 0) is 47.4 Å². The van der Waals surface area contributed by atoms with Crippen LogP contribution in [0.15, 0.2) is 72.3 Å². The van der Waals surface area contributed by atoms with E-state index < -0.39 is 5.79 Å². The van der Waals surface area contributed by atoms with Gasteiger partial charge in [-0.1, -0.05) is 36.4 Å². The van der Waals surface area contributed by atoms with Crippen LogP contribution in [-0.2, 0) is 16.9 Å². The monoisotopic (exact) mass is 432 g/mol. The molecule has 3 aromatic carbocycles. The summed E-state index contributed by atoms with van der Waals surface area (Å²) < 4.78 is 28.0. The van der Waals surface area contributed by atoms with E-state index in [0.717, 1.165) is 22.3 Å². The Morgan fingerprint density at radius 2 is 1.72 bits per heavy atom. The number of methoxy groups -OCH3 is 2. The Balaban J connectivity index is 1.65. The molecule has 1 unspecified atom stereocenters. The molecule has 3 aromatic rings. The Hall–Kier alpha value is -3.48. The third kappa shape index (κ3) is 3.47. The van der Waals surface area contributed by atoms with E-state index in [4.69, 9.17) is 23.7 Å². The van der Waals surface area contributed by atoms with Gasteiger partial charge in [-0.15, -0.1) is 0 Å². The quantitative estimate of drug-likeness (QED) is 0.626. The van der Waals surface area contributed by atoms with Crippen molar-refractivity contribution in [1.29, 1.82) is 0 Å². The second kappa shape index (κ2) is 8.22. The zero-order chi connectivity index (χ0) is 22.1. The van der Waals surface area contributed by atoms with Crippen LogP contribution in [0, 0.1) is 0 Å². The van der Waals surface area contributed by atoms with Crippen LogP contribution < -0.4 is 18.9 Å². The van der Waals surface area contributed by atoms with Crippen molar-refractivity contribution in [2.75, 3.05) is 27.6 Å². The highest BCUT2D eigenvalue weighted by molar-refractivity contribution is 5.76. The highest BCUT2D eigenvalue weighted by Gasteiger charge is 2.44. The van der Waals surface area contributed by atoms with Crippen molar-refractivity contribution < 1.29 is 28.8 Å². The Labute approximate surface area is 186 Å². The smallest absolute Gasteiger partial charge is 0.231 e. The summed E-state index contributed by atoms with van der Waals surface area (Å²) in [6, 6.07) is 21.1. The molecule has 6 heteroatoms. The minimum absolute atomic E-state index is 0.207. The highest BCUT2D eigenvalue weighted by Crippen LogP contribution is 2.48. The molecule has 0 amide bonds. The van der Waals surface area contributed by atoms with Gasteiger partial charge in [-0.2, -0.15) is 0 Å². The number of hydrogen-bond donors (Lipinski definition) is 1. The molecule has 0 fully saturated rings. The molecule has 1 atom stereocenters. The third-order valence-electron chi connectivity index (χ3n) is 5.92. The summed E-state index contributed by atoms with van der Waals surface area (Å²) in [6.45, 7) is 0.450. The molecule has 6 nitrogen and oxygen atoms in total. The fourth-order valence-electron chi connectivity index (χ4n) is 4.24. The first-order chi connectivity index (χ1) is 15.6. The molecule has 0 saturated heterocycles. The predicted octanol–water partition coefficient (Wildman–Crippen LogP) is 4.30. The van der Waals surface area contributed by atoms with E-state index in [1.165, 1.54) is 0 Å². The van der Waals surface area contributed by atoms with Gasteiger partial charge >= 0.3 is 0 Å². The summed E-state index contributed by atoms with van der Waals surface area (Å²) in [7, 11) is 3.16. The summed E-state index contributed by atoms with van der Waals surface area (Å²) in [5.41, 5.74) is 4.18. The van der Waals surface area contributed by atoms with E-state index in [1.54, 1.807) is 32.4 Å². The minimum Gasteiger partial charge on any atom is -0.497 e. The van der Waals surface area contributed by atoms with Gasteiger partial charge in [-0.3, -0.25) is 0 Å². The molecule has 2 heterocycles. The number of benzene rings is 3. The van der Waals surface area contributed by atoms with Crippen molar-refractivity contribution in [3.63, 3.8) is 0 Å². The number of hydrogen-bond acceptors (Lipinski definition) is 6. The molecule has 2 aliphatic heterocycles. The molecule has 32 heavy (non-hydrogen) atoms. The van der Waals surface area contributed by atoms with Crippen molar-refractivity contribution in [2.24, 2.45) is 0 Å². The molecule has 164 valence electrons. The van der Waals surface area contributed by atoms with Gasteiger partial charge in [0.15, 0.2) is 11.5 Å². The maximum atomic E-state index is 11.9. The van der Waals surface area contributed by atoms with E-state index in [2.05, 4.69) is 0 Å². The molecule has 0 saturated carbocycles. The zero-order valence-electron chi connectivity index (χ0n) is 18.0. The SMILES string of the molecule is COc1ccc(C2(O)OCC(c3ccc4c(c3)OCO4)=C2Cc2ccccc2)c(OC)c1. The molecule has 0 aromatic heterocycles. The van der Waals surface area contributed by atoms with Crippen LogP contribution in [0.25, 0.3) is 5.57 Å². The lowest BCUT2D eigenvalue weighted by molar-refractivity contribution is -0.163. The van der Waals surface area contributed by atoms with Crippen LogP contribution in [0.3, 0.4) is 0 Å². The average Bonchev–Trinajstić information content (AvgIpc) is 3.44. The van der Waals surface area contributed by atoms with Crippen molar-refractivity contribution in [3.05, 3.63) is 89.0 Å². The van der Waals surface area contributed by atoms with Gasteiger partial charge in [0.2, 0.25) is 12.6 Å². The minimum atomic E-state index is -1.65. The molecule has 0 bridgehead atoms. The molecular formula is C26H24O6. The largest absolute Gasteiger partial charge is 0.497 e. The first-order valence-corrected chi connectivity index (χ1v) is 10.4. The molecule has 1 N–H and O–H groups in total. The Morgan fingerprint density at radius 3 is 2.50 bits per heavy atom. The van der Waals surface area contributed by atoms with Gasteiger partial charge in [0.1, 0.15) is 11.5 Å². The number of fused-ring (bicyclic) bond motifs is 1. The van der Waals surface area contributed by atoms with E-state index in [1.807, 2.05) is 48.5 Å². The van der Waals surface area contributed by atoms with Crippen LogP contribution in [0.4, 0.5) is 0 Å². The number of rotatable bonds is 6. The zero-order valence-corrected chi connectivity index (χ0v) is 18.0. The van der Waals surface area contributed by atoms with Crippen molar-refractivity contribution >= 4 is 5.57 Å². The maximum Gasteiger partial charge on any atom is 0.231 e. The van der Waals surface area contributed by atoms with E-state index in [9.17, 15) is 5.11 Å². The summed E-state index contributed by atoms with van der Waals surface area (Å²) in [5.74, 6) is 0.872. The van der Waals surface area contributed by atoms with Crippen LogP contribution in [0.5, 0.6) is 23.0 Å². The normalized spacial score (nSPS) is 19.3. The molecular weight excluding hydrogens is 408 g/mol. The van der Waals surface area contributed by atoms with E-state index in [-0.39, 0.29) is 13.4 Å². The maximum absolute atomic E-state index is 11.9. The van der Waals surface area contributed by atoms with Gasteiger partial charge in [0.25, 0.3) is 0 Å². The van der Waals surface area contributed by atoms with Crippen molar-refractivity contribution in [3.8, 4) is 23.0 Å². The van der Waals surface area contributed by atoms with Crippen molar-refractivity contribution in [1.82, 2.24) is 0 Å². The van der Waals surface area contributed by atoms with Gasteiger partial charge < -0.3 is 28.8 Å².